The molecule has 72 valence electrons. The van der Waals surface area contributed by atoms with Gasteiger partial charge in [0, 0.05) is 12.1 Å². The highest BCUT2D eigenvalue weighted by molar-refractivity contribution is 5.44. The fourth-order valence-corrected chi connectivity index (χ4v) is 1.13. The van der Waals surface area contributed by atoms with E-state index in [1.54, 1.807) is 0 Å². The van der Waals surface area contributed by atoms with Crippen LogP contribution >= 0.6 is 0 Å². The minimum absolute atomic E-state index is 0.0931. The molecule has 2 N–H and O–H groups in total. The number of imidazole rings is 1. The van der Waals surface area contributed by atoms with Crippen LogP contribution in [0, 0.1) is 0 Å². The summed E-state index contributed by atoms with van der Waals surface area (Å²) in [5.74, 6) is 0. The van der Waals surface area contributed by atoms with E-state index in [1.165, 1.54) is 0 Å². The first kappa shape index (κ1) is 9.99. The molecule has 0 radical (unpaired) electrons. The first-order valence-corrected chi connectivity index (χ1v) is 4.57. The fourth-order valence-electron chi connectivity index (χ4n) is 1.13. The average molecular weight is 179 g/mol. The van der Waals surface area contributed by atoms with Crippen molar-refractivity contribution in [2.45, 2.75) is 32.9 Å². The minimum Gasteiger partial charge on any atom is -0.329 e. The highest BCUT2D eigenvalue weighted by atomic mass is 15.1. The maximum atomic E-state index is 5.62. The van der Waals surface area contributed by atoms with Gasteiger partial charge >= 0.3 is 0 Å². The van der Waals surface area contributed by atoms with Gasteiger partial charge in [0.1, 0.15) is 0 Å². The molecule has 0 aliphatic rings. The zero-order valence-electron chi connectivity index (χ0n) is 8.44. The van der Waals surface area contributed by atoms with Crippen LogP contribution in [-0.2, 0) is 0 Å². The Labute approximate surface area is 79.3 Å². The molecule has 1 atom stereocenters. The molecular weight excluding hydrogens is 162 g/mol. The van der Waals surface area contributed by atoms with Crippen LogP contribution in [0.15, 0.2) is 18.6 Å². The van der Waals surface area contributed by atoms with Crippen LogP contribution in [0.5, 0.6) is 0 Å². The number of aromatic nitrogens is 2. The van der Waals surface area contributed by atoms with Gasteiger partial charge in [-0.15, -0.1) is 0 Å². The van der Waals surface area contributed by atoms with Crippen molar-refractivity contribution in [1.29, 1.82) is 0 Å². The summed E-state index contributed by atoms with van der Waals surface area (Å²) < 4.78 is 2.11. The van der Waals surface area contributed by atoms with E-state index in [2.05, 4.69) is 23.4 Å². The molecule has 0 amide bonds. The Morgan fingerprint density at radius 1 is 1.46 bits per heavy atom. The molecular formula is C10H17N3. The molecule has 3 nitrogen and oxygen atoms in total. The zero-order chi connectivity index (χ0) is 9.84. The number of nitrogens with two attached hydrogens (primary N) is 1. The quantitative estimate of drug-likeness (QED) is 0.769. The van der Waals surface area contributed by atoms with Crippen LogP contribution in [0.3, 0.4) is 0 Å². The van der Waals surface area contributed by atoms with Crippen molar-refractivity contribution in [2.75, 3.05) is 0 Å². The van der Waals surface area contributed by atoms with Crippen LogP contribution in [0.1, 0.15) is 32.5 Å². The maximum Gasteiger partial charge on any atom is 0.0953 e. The molecule has 0 bridgehead atoms. The molecule has 3 heteroatoms. The van der Waals surface area contributed by atoms with Crippen LogP contribution in [0.2, 0.25) is 0 Å². The van der Waals surface area contributed by atoms with E-state index >= 15 is 0 Å². The molecule has 0 aromatic carbocycles. The van der Waals surface area contributed by atoms with Gasteiger partial charge in [-0.2, -0.15) is 0 Å². The summed E-state index contributed by atoms with van der Waals surface area (Å²) in [6.07, 6.45) is 7.66. The average Bonchev–Trinajstić information content (AvgIpc) is 2.47. The van der Waals surface area contributed by atoms with Gasteiger partial charge in [-0.1, -0.05) is 6.08 Å². The summed E-state index contributed by atoms with van der Waals surface area (Å²) in [5, 5.41) is 0. The molecule has 0 aliphatic heterocycles. The van der Waals surface area contributed by atoms with Gasteiger partial charge in [-0.3, -0.25) is 0 Å². The zero-order valence-corrected chi connectivity index (χ0v) is 8.44. The SMILES string of the molecule is CC(N)/C=C/c1cncn1C(C)C. The van der Waals surface area contributed by atoms with Gasteiger partial charge in [0.05, 0.1) is 18.2 Å². The van der Waals surface area contributed by atoms with E-state index in [0.717, 1.165) is 5.69 Å². The van der Waals surface area contributed by atoms with Crippen molar-refractivity contribution in [2.24, 2.45) is 5.73 Å². The van der Waals surface area contributed by atoms with E-state index < -0.39 is 0 Å². The number of hydrogen-bond donors (Lipinski definition) is 1. The molecule has 0 aliphatic carbocycles. The number of rotatable bonds is 3. The molecule has 0 saturated carbocycles. The van der Waals surface area contributed by atoms with Gasteiger partial charge in [0.15, 0.2) is 0 Å². The number of hydrogen-bond acceptors (Lipinski definition) is 2. The lowest BCUT2D eigenvalue weighted by atomic mass is 10.3. The first-order chi connectivity index (χ1) is 6.11. The third-order valence-corrected chi connectivity index (χ3v) is 1.82. The first-order valence-electron chi connectivity index (χ1n) is 4.57. The third-order valence-electron chi connectivity index (χ3n) is 1.82. The van der Waals surface area contributed by atoms with Gasteiger partial charge in [0.25, 0.3) is 0 Å². The van der Waals surface area contributed by atoms with E-state index in [1.807, 2.05) is 31.6 Å². The van der Waals surface area contributed by atoms with E-state index in [0.29, 0.717) is 6.04 Å². The summed E-state index contributed by atoms with van der Waals surface area (Å²) in [5.41, 5.74) is 6.72. The summed E-state index contributed by atoms with van der Waals surface area (Å²) in [6.45, 7) is 6.21. The van der Waals surface area contributed by atoms with Crippen molar-refractivity contribution < 1.29 is 0 Å². The number of nitrogens with zero attached hydrogens (tertiary/aromatic N) is 2. The minimum atomic E-state index is 0.0931. The fraction of sp³-hybridized carbons (Fsp3) is 0.500. The smallest absolute Gasteiger partial charge is 0.0953 e. The predicted octanol–water partition coefficient (Wildman–Crippen LogP) is 1.82. The third kappa shape index (κ3) is 2.70. The lowest BCUT2D eigenvalue weighted by molar-refractivity contribution is 0.595. The van der Waals surface area contributed by atoms with Crippen molar-refractivity contribution in [1.82, 2.24) is 9.55 Å². The van der Waals surface area contributed by atoms with Crippen molar-refractivity contribution >= 4 is 6.08 Å². The topological polar surface area (TPSA) is 43.8 Å². The molecule has 0 saturated heterocycles. The van der Waals surface area contributed by atoms with Gasteiger partial charge in [0.2, 0.25) is 0 Å². The normalized spacial score (nSPS) is 14.2. The second kappa shape index (κ2) is 4.23. The van der Waals surface area contributed by atoms with Crippen molar-refractivity contribution in [3.8, 4) is 0 Å². The van der Waals surface area contributed by atoms with E-state index in [9.17, 15) is 0 Å². The van der Waals surface area contributed by atoms with Gasteiger partial charge < -0.3 is 10.3 Å². The Bertz CT molecular complexity index is 284. The lowest BCUT2D eigenvalue weighted by Crippen LogP contribution is -2.10. The Balaban J connectivity index is 2.82. The maximum absolute atomic E-state index is 5.62. The molecule has 1 aromatic rings. The molecule has 1 aromatic heterocycles. The summed E-state index contributed by atoms with van der Waals surface area (Å²) >= 11 is 0. The Kier molecular flexibility index (Phi) is 3.25. The molecule has 0 fully saturated rings. The molecule has 1 heterocycles. The Morgan fingerprint density at radius 2 is 2.15 bits per heavy atom. The van der Waals surface area contributed by atoms with E-state index in [-0.39, 0.29) is 6.04 Å². The van der Waals surface area contributed by atoms with Crippen molar-refractivity contribution in [3.63, 3.8) is 0 Å². The van der Waals surface area contributed by atoms with Gasteiger partial charge in [-0.05, 0) is 26.8 Å². The Morgan fingerprint density at radius 3 is 2.69 bits per heavy atom. The largest absolute Gasteiger partial charge is 0.329 e. The van der Waals surface area contributed by atoms with Crippen LogP contribution in [-0.4, -0.2) is 15.6 Å². The summed E-state index contributed by atoms with van der Waals surface area (Å²) in [6, 6.07) is 0.533. The lowest BCUT2D eigenvalue weighted by Gasteiger charge is -2.08. The molecule has 13 heavy (non-hydrogen) atoms. The molecule has 1 unspecified atom stereocenters. The summed E-state index contributed by atoms with van der Waals surface area (Å²) in [4.78, 5) is 4.09. The summed E-state index contributed by atoms with van der Waals surface area (Å²) in [7, 11) is 0. The van der Waals surface area contributed by atoms with Gasteiger partial charge in [-0.25, -0.2) is 4.98 Å². The predicted molar refractivity (Wildman–Crippen MR) is 55.3 cm³/mol. The Hall–Kier alpha value is -1.09. The van der Waals surface area contributed by atoms with Crippen LogP contribution in [0.25, 0.3) is 6.08 Å². The molecule has 0 spiro atoms. The highest BCUT2D eigenvalue weighted by Gasteiger charge is 2.01. The van der Waals surface area contributed by atoms with E-state index in [4.69, 9.17) is 5.73 Å². The van der Waals surface area contributed by atoms with Crippen LogP contribution in [0.4, 0.5) is 0 Å². The monoisotopic (exact) mass is 179 g/mol. The molecule has 1 rings (SSSR count). The highest BCUT2D eigenvalue weighted by Crippen LogP contribution is 2.10. The second-order valence-electron chi connectivity index (χ2n) is 3.54. The standard InChI is InChI=1S/C10H17N3/c1-8(2)13-7-12-6-10(13)5-4-9(3)11/h4-9H,11H2,1-3H3/b5-4+. The van der Waals surface area contributed by atoms with Crippen molar-refractivity contribution in [3.05, 3.63) is 24.3 Å². The van der Waals surface area contributed by atoms with Crippen LogP contribution < -0.4 is 5.73 Å². The second-order valence-corrected chi connectivity index (χ2v) is 3.54.